The molecule has 0 saturated heterocycles. The van der Waals surface area contributed by atoms with E-state index in [2.05, 4.69) is 10.6 Å². The third kappa shape index (κ3) is 5.27. The minimum absolute atomic E-state index is 0.0611. The molecule has 19 heavy (non-hydrogen) atoms. The quantitative estimate of drug-likeness (QED) is 0.708. The second-order valence-corrected chi connectivity index (χ2v) is 5.24. The van der Waals surface area contributed by atoms with Crippen LogP contribution in [0.5, 0.6) is 0 Å². The van der Waals surface area contributed by atoms with E-state index in [9.17, 15) is 9.90 Å². The van der Waals surface area contributed by atoms with E-state index in [4.69, 9.17) is 23.2 Å². The van der Waals surface area contributed by atoms with Gasteiger partial charge >= 0.3 is 0 Å². The van der Waals surface area contributed by atoms with Gasteiger partial charge in [0.05, 0.1) is 22.7 Å². The van der Waals surface area contributed by atoms with E-state index in [-0.39, 0.29) is 17.7 Å². The Kier molecular flexibility index (Phi) is 6.42. The highest BCUT2D eigenvalue weighted by molar-refractivity contribution is 6.33. The van der Waals surface area contributed by atoms with Gasteiger partial charge < -0.3 is 15.7 Å². The smallest absolute Gasteiger partial charge is 0.226 e. The lowest BCUT2D eigenvalue weighted by Crippen LogP contribution is -2.21. The van der Waals surface area contributed by atoms with Crippen LogP contribution in [0.4, 0.5) is 11.4 Å². The molecular formula is C13H18Cl2N2O2. The van der Waals surface area contributed by atoms with E-state index in [1.54, 1.807) is 18.2 Å². The first-order chi connectivity index (χ1) is 8.93. The maximum Gasteiger partial charge on any atom is 0.226 e. The number of hydrogen-bond donors (Lipinski definition) is 3. The van der Waals surface area contributed by atoms with Crippen LogP contribution >= 0.6 is 23.2 Å². The van der Waals surface area contributed by atoms with Gasteiger partial charge in [-0.1, -0.05) is 25.4 Å². The van der Waals surface area contributed by atoms with Gasteiger partial charge in [0.1, 0.15) is 0 Å². The highest BCUT2D eigenvalue weighted by Gasteiger charge is 2.09. The standard InChI is InChI=1S/C13H18Cl2N2O2/c1-8(2)13(19)17-9-3-4-11(15)12(5-9)16-7-10(18)6-14/h3-5,8,10,16,18H,6-7H2,1-2H3,(H,17,19). The molecule has 1 amide bonds. The van der Waals surface area contributed by atoms with Gasteiger partial charge in [-0.25, -0.2) is 0 Å². The summed E-state index contributed by atoms with van der Waals surface area (Å²) >= 11 is 11.5. The summed E-state index contributed by atoms with van der Waals surface area (Å²) in [6, 6.07) is 5.14. The summed E-state index contributed by atoms with van der Waals surface area (Å²) in [5, 5.41) is 15.7. The lowest BCUT2D eigenvalue weighted by atomic mass is 10.2. The summed E-state index contributed by atoms with van der Waals surface area (Å²) in [7, 11) is 0. The van der Waals surface area contributed by atoms with Crippen LogP contribution in [0.15, 0.2) is 18.2 Å². The van der Waals surface area contributed by atoms with Gasteiger partial charge in [0.15, 0.2) is 0 Å². The van der Waals surface area contributed by atoms with Gasteiger partial charge in [-0.15, -0.1) is 11.6 Å². The molecule has 0 aliphatic rings. The number of anilines is 2. The van der Waals surface area contributed by atoms with Crippen LogP contribution in [0, 0.1) is 5.92 Å². The largest absolute Gasteiger partial charge is 0.390 e. The van der Waals surface area contributed by atoms with Crippen molar-refractivity contribution in [3.8, 4) is 0 Å². The molecule has 4 nitrogen and oxygen atoms in total. The maximum atomic E-state index is 11.6. The molecule has 0 heterocycles. The Hall–Kier alpha value is -0.970. The van der Waals surface area contributed by atoms with E-state index >= 15 is 0 Å². The number of rotatable bonds is 6. The molecule has 0 aliphatic carbocycles. The van der Waals surface area contributed by atoms with Crippen molar-refractivity contribution in [2.24, 2.45) is 5.92 Å². The molecule has 0 aromatic heterocycles. The Labute approximate surface area is 123 Å². The highest BCUT2D eigenvalue weighted by atomic mass is 35.5. The van der Waals surface area contributed by atoms with Crippen LogP contribution < -0.4 is 10.6 Å². The topological polar surface area (TPSA) is 61.4 Å². The number of alkyl halides is 1. The average molecular weight is 305 g/mol. The monoisotopic (exact) mass is 304 g/mol. The predicted molar refractivity (Wildman–Crippen MR) is 80.1 cm³/mol. The zero-order valence-electron chi connectivity index (χ0n) is 10.9. The van der Waals surface area contributed by atoms with Gasteiger partial charge in [0.25, 0.3) is 0 Å². The molecule has 106 valence electrons. The number of nitrogens with one attached hydrogen (secondary N) is 2. The Morgan fingerprint density at radius 3 is 2.68 bits per heavy atom. The molecule has 0 fully saturated rings. The van der Waals surface area contributed by atoms with Crippen LogP contribution in [-0.4, -0.2) is 29.5 Å². The van der Waals surface area contributed by atoms with E-state index < -0.39 is 6.10 Å². The Balaban J connectivity index is 2.74. The number of carbonyl (C=O) groups is 1. The first kappa shape index (κ1) is 16.1. The number of carbonyl (C=O) groups excluding carboxylic acids is 1. The van der Waals surface area contributed by atoms with E-state index in [1.807, 2.05) is 13.8 Å². The average Bonchev–Trinajstić information content (AvgIpc) is 2.38. The molecular weight excluding hydrogens is 287 g/mol. The molecule has 1 atom stereocenters. The molecule has 0 aliphatic heterocycles. The summed E-state index contributed by atoms with van der Waals surface area (Å²) in [5.41, 5.74) is 1.30. The molecule has 6 heteroatoms. The van der Waals surface area contributed by atoms with Crippen LogP contribution in [0.1, 0.15) is 13.8 Å². The summed E-state index contributed by atoms with van der Waals surface area (Å²) < 4.78 is 0. The van der Waals surface area contributed by atoms with Gasteiger partial charge in [0.2, 0.25) is 5.91 Å². The first-order valence-corrected chi connectivity index (χ1v) is 6.93. The second-order valence-electron chi connectivity index (χ2n) is 4.53. The number of hydrogen-bond acceptors (Lipinski definition) is 3. The molecule has 1 aromatic carbocycles. The molecule has 3 N–H and O–H groups in total. The minimum atomic E-state index is -0.647. The van der Waals surface area contributed by atoms with Gasteiger partial charge in [0, 0.05) is 18.2 Å². The second kappa shape index (κ2) is 7.58. The van der Waals surface area contributed by atoms with Gasteiger partial charge in [-0.3, -0.25) is 4.79 Å². The fourth-order valence-electron chi connectivity index (χ4n) is 1.31. The fourth-order valence-corrected chi connectivity index (χ4v) is 1.60. The fraction of sp³-hybridized carbons (Fsp3) is 0.462. The van der Waals surface area contributed by atoms with Crippen LogP contribution in [-0.2, 0) is 4.79 Å². The van der Waals surface area contributed by atoms with Crippen LogP contribution in [0.25, 0.3) is 0 Å². The van der Waals surface area contributed by atoms with Crippen LogP contribution in [0.3, 0.4) is 0 Å². The number of aliphatic hydroxyl groups is 1. The van der Waals surface area contributed by atoms with Crippen molar-refractivity contribution in [2.45, 2.75) is 20.0 Å². The highest BCUT2D eigenvalue weighted by Crippen LogP contribution is 2.25. The van der Waals surface area contributed by atoms with Crippen molar-refractivity contribution in [1.82, 2.24) is 0 Å². The Morgan fingerprint density at radius 2 is 2.11 bits per heavy atom. The Morgan fingerprint density at radius 1 is 1.42 bits per heavy atom. The summed E-state index contributed by atoms with van der Waals surface area (Å²) in [6.07, 6.45) is -0.647. The van der Waals surface area contributed by atoms with Crippen molar-refractivity contribution in [3.05, 3.63) is 23.2 Å². The molecule has 1 unspecified atom stereocenters. The maximum absolute atomic E-state index is 11.6. The molecule has 0 radical (unpaired) electrons. The normalized spacial score (nSPS) is 12.3. The predicted octanol–water partition coefficient (Wildman–Crippen LogP) is 2.95. The van der Waals surface area contributed by atoms with E-state index in [0.717, 1.165) is 0 Å². The van der Waals surface area contributed by atoms with Crippen LogP contribution in [0.2, 0.25) is 5.02 Å². The van der Waals surface area contributed by atoms with Crippen molar-refractivity contribution < 1.29 is 9.90 Å². The third-order valence-electron chi connectivity index (χ3n) is 2.46. The van der Waals surface area contributed by atoms with E-state index in [1.165, 1.54) is 0 Å². The number of benzene rings is 1. The lowest BCUT2D eigenvalue weighted by Gasteiger charge is -2.14. The zero-order valence-corrected chi connectivity index (χ0v) is 12.4. The molecule has 0 bridgehead atoms. The van der Waals surface area contributed by atoms with Crippen molar-refractivity contribution in [3.63, 3.8) is 0 Å². The van der Waals surface area contributed by atoms with Crippen molar-refractivity contribution in [2.75, 3.05) is 23.1 Å². The third-order valence-corrected chi connectivity index (χ3v) is 3.15. The molecule has 0 spiro atoms. The number of amides is 1. The Bertz CT molecular complexity index is 439. The minimum Gasteiger partial charge on any atom is -0.390 e. The van der Waals surface area contributed by atoms with Gasteiger partial charge in [-0.2, -0.15) is 0 Å². The molecule has 1 aromatic rings. The van der Waals surface area contributed by atoms with E-state index in [0.29, 0.717) is 22.9 Å². The summed E-state index contributed by atoms with van der Waals surface area (Å²) in [4.78, 5) is 11.6. The lowest BCUT2D eigenvalue weighted by molar-refractivity contribution is -0.118. The van der Waals surface area contributed by atoms with Crippen molar-refractivity contribution in [1.29, 1.82) is 0 Å². The number of aliphatic hydroxyl groups excluding tert-OH is 1. The van der Waals surface area contributed by atoms with Gasteiger partial charge in [-0.05, 0) is 18.2 Å². The number of halogens is 2. The summed E-state index contributed by atoms with van der Waals surface area (Å²) in [6.45, 7) is 3.94. The van der Waals surface area contributed by atoms with Crippen molar-refractivity contribution >= 4 is 40.5 Å². The zero-order chi connectivity index (χ0) is 14.4. The summed E-state index contributed by atoms with van der Waals surface area (Å²) in [5.74, 6) is -0.00628. The SMILES string of the molecule is CC(C)C(=O)Nc1ccc(Cl)c(NCC(O)CCl)c1. The molecule has 0 saturated carbocycles. The first-order valence-electron chi connectivity index (χ1n) is 6.02. The molecule has 1 rings (SSSR count).